The van der Waals surface area contributed by atoms with Crippen LogP contribution in [-0.4, -0.2) is 58.5 Å². The molecular formula is C31H36BrCl2N5O. The van der Waals surface area contributed by atoms with E-state index in [9.17, 15) is 4.79 Å². The number of pyridine rings is 1. The number of halogens is 3. The van der Waals surface area contributed by atoms with Gasteiger partial charge < -0.3 is 20.1 Å². The first-order chi connectivity index (χ1) is 18.4. The molecule has 212 valence electrons. The molecule has 4 heterocycles. The molecule has 9 heteroatoms. The topological polar surface area (TPSA) is 64.3 Å². The van der Waals surface area contributed by atoms with Gasteiger partial charge in [0.1, 0.15) is 5.65 Å². The standard InChI is InChI=1S/C31H34BrN5O.2ClH/c1-31(2)14-12-26(35-31)27(22-8-10-23(32)11-9-22)30(38)37-18-16-36(17-19-37)28-24-13-15-33-29(24)34-20-25(28)21-6-4-3-5-7-21;;/h3-11,13,15,20,26-27,35H,12,14,16-19H2,1-2H3,(H,33,34);2*1H. The summed E-state index contributed by atoms with van der Waals surface area (Å²) in [5, 5.41) is 4.88. The van der Waals surface area contributed by atoms with Gasteiger partial charge in [0, 0.05) is 65.6 Å². The lowest BCUT2D eigenvalue weighted by Crippen LogP contribution is -2.53. The van der Waals surface area contributed by atoms with Gasteiger partial charge in [0.05, 0.1) is 11.6 Å². The fraction of sp³-hybridized carbons (Fsp3) is 0.355. The minimum absolute atomic E-state index is 0. The minimum atomic E-state index is -0.186. The number of rotatable bonds is 5. The molecule has 0 bridgehead atoms. The largest absolute Gasteiger partial charge is 0.367 e. The Kier molecular flexibility index (Phi) is 9.51. The van der Waals surface area contributed by atoms with Crippen molar-refractivity contribution in [3.8, 4) is 11.1 Å². The molecule has 0 spiro atoms. The average molecular weight is 645 g/mol. The minimum Gasteiger partial charge on any atom is -0.367 e. The molecule has 2 unspecified atom stereocenters. The Morgan fingerprint density at radius 2 is 1.70 bits per heavy atom. The summed E-state index contributed by atoms with van der Waals surface area (Å²) in [6.45, 7) is 7.43. The van der Waals surface area contributed by atoms with Crippen molar-refractivity contribution >= 4 is 63.4 Å². The summed E-state index contributed by atoms with van der Waals surface area (Å²) in [6.07, 6.45) is 6.00. The number of nitrogens with one attached hydrogen (secondary N) is 2. The summed E-state index contributed by atoms with van der Waals surface area (Å²) in [5.41, 5.74) is 5.50. The zero-order valence-electron chi connectivity index (χ0n) is 22.8. The molecule has 2 aliphatic heterocycles. The van der Waals surface area contributed by atoms with Crippen molar-refractivity contribution in [3.05, 3.63) is 83.1 Å². The number of nitrogens with zero attached hydrogens (tertiary/aromatic N) is 3. The lowest BCUT2D eigenvalue weighted by atomic mass is 9.88. The molecule has 2 fully saturated rings. The number of anilines is 1. The SMILES string of the molecule is CC1(C)CCC(C(C(=O)N2CCN(c3c(-c4ccccc4)cnc4[nH]ccc34)CC2)c2ccc(Br)cc2)N1.Cl.Cl. The summed E-state index contributed by atoms with van der Waals surface area (Å²) in [5.74, 6) is 0.0422. The molecule has 4 aromatic rings. The maximum atomic E-state index is 14.1. The molecule has 0 saturated carbocycles. The lowest BCUT2D eigenvalue weighted by Gasteiger charge is -2.39. The summed E-state index contributed by atoms with van der Waals surface area (Å²) in [6, 6.07) is 21.0. The van der Waals surface area contributed by atoms with Crippen molar-refractivity contribution in [3.63, 3.8) is 0 Å². The number of hydrogen-bond donors (Lipinski definition) is 2. The van der Waals surface area contributed by atoms with Crippen LogP contribution in [0.25, 0.3) is 22.2 Å². The average Bonchev–Trinajstić information content (AvgIpc) is 3.56. The molecule has 6 nitrogen and oxygen atoms in total. The van der Waals surface area contributed by atoms with Crippen molar-refractivity contribution in [2.75, 3.05) is 31.1 Å². The number of H-pyrrole nitrogens is 1. The molecule has 2 atom stereocenters. The van der Waals surface area contributed by atoms with E-state index in [4.69, 9.17) is 0 Å². The van der Waals surface area contributed by atoms with Gasteiger partial charge in [-0.15, -0.1) is 24.8 Å². The van der Waals surface area contributed by atoms with Crippen LogP contribution in [0.1, 0.15) is 38.2 Å². The van der Waals surface area contributed by atoms with Crippen LogP contribution in [0.3, 0.4) is 0 Å². The maximum Gasteiger partial charge on any atom is 0.231 e. The molecule has 2 aromatic heterocycles. The van der Waals surface area contributed by atoms with E-state index in [1.54, 1.807) is 0 Å². The second-order valence-corrected chi connectivity index (χ2v) is 12.1. The van der Waals surface area contributed by atoms with Crippen LogP contribution >= 0.6 is 40.7 Å². The Morgan fingerprint density at radius 3 is 2.35 bits per heavy atom. The third-order valence-corrected chi connectivity index (χ3v) is 8.63. The van der Waals surface area contributed by atoms with E-state index in [1.807, 2.05) is 30.6 Å². The normalized spacial score (nSPS) is 19.1. The first-order valence-electron chi connectivity index (χ1n) is 13.5. The molecule has 2 aromatic carbocycles. The summed E-state index contributed by atoms with van der Waals surface area (Å²) < 4.78 is 1.03. The number of carbonyl (C=O) groups excluding carboxylic acids is 1. The van der Waals surface area contributed by atoms with Gasteiger partial charge in [-0.05, 0) is 56.0 Å². The Balaban J connectivity index is 0.00000185. The van der Waals surface area contributed by atoms with Crippen LogP contribution in [0, 0.1) is 0 Å². The fourth-order valence-corrected chi connectivity index (χ4v) is 6.40. The lowest BCUT2D eigenvalue weighted by molar-refractivity contribution is -0.133. The fourth-order valence-electron chi connectivity index (χ4n) is 6.14. The Hall–Kier alpha value is -2.58. The molecule has 6 rings (SSSR count). The molecule has 2 N–H and O–H groups in total. The van der Waals surface area contributed by atoms with E-state index < -0.39 is 0 Å². The third kappa shape index (κ3) is 6.03. The molecule has 2 aliphatic rings. The van der Waals surface area contributed by atoms with Crippen LogP contribution < -0.4 is 10.2 Å². The van der Waals surface area contributed by atoms with Crippen LogP contribution in [0.5, 0.6) is 0 Å². The number of carbonyl (C=O) groups is 1. The second kappa shape index (κ2) is 12.5. The highest BCUT2D eigenvalue weighted by Crippen LogP contribution is 2.38. The van der Waals surface area contributed by atoms with Crippen molar-refractivity contribution in [2.45, 2.75) is 44.2 Å². The number of piperazine rings is 1. The molecular weight excluding hydrogens is 609 g/mol. The quantitative estimate of drug-likeness (QED) is 0.251. The smallest absolute Gasteiger partial charge is 0.231 e. The molecule has 1 amide bonds. The van der Waals surface area contributed by atoms with Gasteiger partial charge in [0.15, 0.2) is 0 Å². The van der Waals surface area contributed by atoms with Gasteiger partial charge in [0.2, 0.25) is 5.91 Å². The second-order valence-electron chi connectivity index (χ2n) is 11.1. The van der Waals surface area contributed by atoms with Gasteiger partial charge in [-0.25, -0.2) is 4.98 Å². The maximum absolute atomic E-state index is 14.1. The predicted molar refractivity (Wildman–Crippen MR) is 172 cm³/mol. The van der Waals surface area contributed by atoms with Crippen molar-refractivity contribution in [2.24, 2.45) is 0 Å². The van der Waals surface area contributed by atoms with E-state index in [0.29, 0.717) is 13.1 Å². The van der Waals surface area contributed by atoms with Crippen molar-refractivity contribution < 1.29 is 4.79 Å². The molecule has 0 aliphatic carbocycles. The van der Waals surface area contributed by atoms with Gasteiger partial charge in [-0.2, -0.15) is 0 Å². The van der Waals surface area contributed by atoms with Crippen LogP contribution in [-0.2, 0) is 4.79 Å². The highest BCUT2D eigenvalue weighted by Gasteiger charge is 2.40. The number of amides is 1. The Bertz CT molecular complexity index is 1440. The van der Waals surface area contributed by atoms with E-state index in [-0.39, 0.29) is 48.2 Å². The van der Waals surface area contributed by atoms with Gasteiger partial charge in [0.25, 0.3) is 0 Å². The highest BCUT2D eigenvalue weighted by atomic mass is 79.9. The highest BCUT2D eigenvalue weighted by molar-refractivity contribution is 9.10. The molecule has 0 radical (unpaired) electrons. The Labute approximate surface area is 256 Å². The number of aromatic nitrogens is 2. The first kappa shape index (κ1) is 30.4. The van der Waals surface area contributed by atoms with Crippen molar-refractivity contribution in [1.29, 1.82) is 0 Å². The Morgan fingerprint density at radius 1 is 1.00 bits per heavy atom. The number of hydrogen-bond acceptors (Lipinski definition) is 4. The monoisotopic (exact) mass is 643 g/mol. The first-order valence-corrected chi connectivity index (χ1v) is 14.3. The third-order valence-electron chi connectivity index (χ3n) is 8.10. The van der Waals surface area contributed by atoms with Crippen LogP contribution in [0.4, 0.5) is 5.69 Å². The zero-order chi connectivity index (χ0) is 26.3. The summed E-state index contributed by atoms with van der Waals surface area (Å²) in [7, 11) is 0. The number of benzene rings is 2. The summed E-state index contributed by atoms with van der Waals surface area (Å²) >= 11 is 3.55. The van der Waals surface area contributed by atoms with Crippen LogP contribution in [0.15, 0.2) is 77.5 Å². The van der Waals surface area contributed by atoms with E-state index >= 15 is 0 Å². The van der Waals surface area contributed by atoms with Gasteiger partial charge in [-0.1, -0.05) is 58.4 Å². The van der Waals surface area contributed by atoms with Crippen molar-refractivity contribution in [1.82, 2.24) is 20.2 Å². The predicted octanol–water partition coefficient (Wildman–Crippen LogP) is 6.80. The van der Waals surface area contributed by atoms with E-state index in [2.05, 4.69) is 97.3 Å². The van der Waals surface area contributed by atoms with Crippen LogP contribution in [0.2, 0.25) is 0 Å². The van der Waals surface area contributed by atoms with E-state index in [0.717, 1.165) is 58.1 Å². The number of aromatic amines is 1. The van der Waals surface area contributed by atoms with Gasteiger partial charge >= 0.3 is 0 Å². The number of fused-ring (bicyclic) bond motifs is 1. The summed E-state index contributed by atoms with van der Waals surface area (Å²) in [4.78, 5) is 26.6. The van der Waals surface area contributed by atoms with Gasteiger partial charge in [-0.3, -0.25) is 4.79 Å². The zero-order valence-corrected chi connectivity index (χ0v) is 26.0. The van der Waals surface area contributed by atoms with E-state index in [1.165, 1.54) is 5.69 Å². The molecule has 40 heavy (non-hydrogen) atoms. The molecule has 2 saturated heterocycles.